The first-order valence-corrected chi connectivity index (χ1v) is 9.22. The van der Waals surface area contributed by atoms with Gasteiger partial charge < -0.3 is 14.2 Å². The van der Waals surface area contributed by atoms with E-state index in [9.17, 15) is 40.0 Å². The molecule has 0 spiro atoms. The summed E-state index contributed by atoms with van der Waals surface area (Å²) < 4.78 is 109. The third kappa shape index (κ3) is 5.61. The molecule has 1 aliphatic carbocycles. The van der Waals surface area contributed by atoms with Crippen LogP contribution in [0, 0.1) is 0 Å². The van der Waals surface area contributed by atoms with Crippen molar-refractivity contribution >= 4 is 22.1 Å². The first-order valence-electron chi connectivity index (χ1n) is 7.78. The van der Waals surface area contributed by atoms with Crippen LogP contribution < -0.4 is 0 Å². The SMILES string of the molecule is C=CC(=O)OC(OCC(F)(F)S(=O)(=O)O)(C(=O)OC1CCCCC1)C(F)(F)F. The monoisotopic (exact) mass is 440 g/mol. The summed E-state index contributed by atoms with van der Waals surface area (Å²) in [6, 6.07) is 0. The van der Waals surface area contributed by atoms with Crippen LogP contribution >= 0.6 is 0 Å². The van der Waals surface area contributed by atoms with Gasteiger partial charge in [0, 0.05) is 6.08 Å². The third-order valence-corrected chi connectivity index (χ3v) is 4.57. The Kier molecular flexibility index (Phi) is 7.53. The van der Waals surface area contributed by atoms with Gasteiger partial charge in [-0.2, -0.15) is 30.4 Å². The summed E-state index contributed by atoms with van der Waals surface area (Å²) in [7, 11) is -6.20. The van der Waals surface area contributed by atoms with Crippen molar-refractivity contribution in [2.75, 3.05) is 6.61 Å². The minimum absolute atomic E-state index is 0.177. The number of halogens is 5. The molecule has 1 unspecified atom stereocenters. The van der Waals surface area contributed by atoms with Gasteiger partial charge in [0.15, 0.2) is 0 Å². The van der Waals surface area contributed by atoms with Crippen molar-refractivity contribution < 1.29 is 58.7 Å². The van der Waals surface area contributed by atoms with Crippen molar-refractivity contribution in [1.82, 2.24) is 0 Å². The van der Waals surface area contributed by atoms with Gasteiger partial charge in [-0.05, 0) is 25.7 Å². The van der Waals surface area contributed by atoms with Crippen LogP contribution in [0.2, 0.25) is 0 Å². The van der Waals surface area contributed by atoms with Gasteiger partial charge in [-0.3, -0.25) is 4.55 Å². The molecule has 0 heterocycles. The molecular formula is C14H17F5O8S. The second-order valence-corrected chi connectivity index (χ2v) is 7.35. The van der Waals surface area contributed by atoms with Gasteiger partial charge in [0.05, 0.1) is 0 Å². The molecule has 8 nitrogen and oxygen atoms in total. The van der Waals surface area contributed by atoms with Crippen molar-refractivity contribution in [3.63, 3.8) is 0 Å². The van der Waals surface area contributed by atoms with Gasteiger partial charge in [0.25, 0.3) is 0 Å². The fourth-order valence-corrected chi connectivity index (χ4v) is 2.45. The molecule has 28 heavy (non-hydrogen) atoms. The standard InChI is InChI=1S/C14H17F5O8S/c1-2-10(20)27-13(14(17,18)19,25-8-12(15,16)28(22,23)24)11(21)26-9-6-4-3-5-7-9/h2,9H,1,3-8H2,(H,22,23,24). The van der Waals surface area contributed by atoms with E-state index >= 15 is 0 Å². The summed E-state index contributed by atoms with van der Waals surface area (Å²) in [5.74, 6) is -8.94. The van der Waals surface area contributed by atoms with E-state index in [4.69, 9.17) is 4.55 Å². The minimum atomic E-state index is -6.20. The van der Waals surface area contributed by atoms with Crippen LogP contribution in [0.5, 0.6) is 0 Å². The molecular weight excluding hydrogens is 423 g/mol. The van der Waals surface area contributed by atoms with E-state index in [-0.39, 0.29) is 18.9 Å². The zero-order chi connectivity index (χ0) is 21.8. The molecule has 1 rings (SSSR count). The van der Waals surface area contributed by atoms with Crippen molar-refractivity contribution in [3.8, 4) is 0 Å². The first-order chi connectivity index (χ1) is 12.7. The number of esters is 2. The summed E-state index contributed by atoms with van der Waals surface area (Å²) in [5.41, 5.74) is 0. The molecule has 0 aliphatic heterocycles. The van der Waals surface area contributed by atoms with Crippen molar-refractivity contribution in [2.45, 2.75) is 55.4 Å². The Labute approximate surface area is 156 Å². The average molecular weight is 440 g/mol. The summed E-state index contributed by atoms with van der Waals surface area (Å²) in [6.45, 7) is 0.159. The van der Waals surface area contributed by atoms with Crippen LogP contribution in [0.25, 0.3) is 0 Å². The highest BCUT2D eigenvalue weighted by atomic mass is 32.2. The van der Waals surface area contributed by atoms with E-state index in [0.717, 1.165) is 6.42 Å². The Balaban J connectivity index is 3.26. The minimum Gasteiger partial charge on any atom is -0.457 e. The first kappa shape index (κ1) is 24.2. The molecule has 1 N–H and O–H groups in total. The van der Waals surface area contributed by atoms with Crippen LogP contribution in [-0.2, 0) is 33.9 Å². The molecule has 14 heteroatoms. The van der Waals surface area contributed by atoms with Crippen LogP contribution in [0.15, 0.2) is 12.7 Å². The Bertz CT molecular complexity index is 699. The zero-order valence-corrected chi connectivity index (χ0v) is 15.0. The molecule has 1 saturated carbocycles. The molecule has 1 atom stereocenters. The molecule has 0 bridgehead atoms. The predicted octanol–water partition coefficient (Wildman–Crippen LogP) is 2.35. The van der Waals surface area contributed by atoms with Gasteiger partial charge in [0.1, 0.15) is 12.7 Å². The fourth-order valence-electron chi connectivity index (χ4n) is 2.24. The Hall–Kier alpha value is -1.80. The van der Waals surface area contributed by atoms with Gasteiger partial charge in [-0.1, -0.05) is 13.0 Å². The van der Waals surface area contributed by atoms with Crippen LogP contribution in [0.3, 0.4) is 0 Å². The molecule has 1 fully saturated rings. The quantitative estimate of drug-likeness (QED) is 0.201. The lowest BCUT2D eigenvalue weighted by Gasteiger charge is -2.34. The van der Waals surface area contributed by atoms with Gasteiger partial charge in [-0.25, -0.2) is 9.59 Å². The van der Waals surface area contributed by atoms with E-state index in [0.29, 0.717) is 12.8 Å². The molecule has 0 amide bonds. The number of carbonyl (C=O) groups excluding carboxylic acids is 2. The maximum absolute atomic E-state index is 13.6. The summed E-state index contributed by atoms with van der Waals surface area (Å²) in [5, 5.41) is -5.24. The highest BCUT2D eigenvalue weighted by Gasteiger charge is 2.69. The average Bonchev–Trinajstić information content (AvgIpc) is 2.57. The van der Waals surface area contributed by atoms with Gasteiger partial charge in [-0.15, -0.1) is 0 Å². The number of hydrogen-bond acceptors (Lipinski definition) is 7. The fraction of sp³-hybridized carbons (Fsp3) is 0.714. The lowest BCUT2D eigenvalue weighted by atomic mass is 9.98. The topological polar surface area (TPSA) is 116 Å². The molecule has 0 aromatic rings. The smallest absolute Gasteiger partial charge is 0.457 e. The number of carbonyl (C=O) groups is 2. The lowest BCUT2D eigenvalue weighted by Crippen LogP contribution is -2.60. The highest BCUT2D eigenvalue weighted by molar-refractivity contribution is 7.86. The second kappa shape index (κ2) is 8.69. The summed E-state index contributed by atoms with van der Waals surface area (Å²) in [4.78, 5) is 23.5. The normalized spacial score (nSPS) is 18.8. The van der Waals surface area contributed by atoms with Gasteiger partial charge in [0.2, 0.25) is 0 Å². The van der Waals surface area contributed by atoms with Crippen molar-refractivity contribution in [2.24, 2.45) is 0 Å². The van der Waals surface area contributed by atoms with E-state index in [1.54, 1.807) is 0 Å². The molecule has 0 aromatic carbocycles. The molecule has 0 radical (unpaired) electrons. The summed E-state index contributed by atoms with van der Waals surface area (Å²) in [6.07, 6.45) is -4.63. The molecule has 162 valence electrons. The predicted molar refractivity (Wildman–Crippen MR) is 80.5 cm³/mol. The van der Waals surface area contributed by atoms with E-state index in [1.807, 2.05) is 0 Å². The van der Waals surface area contributed by atoms with Crippen LogP contribution in [-0.4, -0.2) is 54.8 Å². The number of ether oxygens (including phenoxy) is 3. The summed E-state index contributed by atoms with van der Waals surface area (Å²) >= 11 is 0. The molecule has 1 aliphatic rings. The number of rotatable bonds is 8. The highest BCUT2D eigenvalue weighted by Crippen LogP contribution is 2.39. The largest absolute Gasteiger partial charge is 0.468 e. The van der Waals surface area contributed by atoms with Crippen LogP contribution in [0.4, 0.5) is 22.0 Å². The van der Waals surface area contributed by atoms with Crippen molar-refractivity contribution in [3.05, 3.63) is 12.7 Å². The third-order valence-electron chi connectivity index (χ3n) is 3.70. The van der Waals surface area contributed by atoms with Gasteiger partial charge >= 0.3 is 39.3 Å². The molecule has 0 saturated heterocycles. The van der Waals surface area contributed by atoms with Crippen LogP contribution in [0.1, 0.15) is 32.1 Å². The molecule has 0 aromatic heterocycles. The Morgan fingerprint density at radius 1 is 1.11 bits per heavy atom. The number of hydrogen-bond donors (Lipinski definition) is 1. The number of alkyl halides is 5. The van der Waals surface area contributed by atoms with Crippen molar-refractivity contribution in [1.29, 1.82) is 0 Å². The zero-order valence-electron chi connectivity index (χ0n) is 14.2. The lowest BCUT2D eigenvalue weighted by molar-refractivity contribution is -0.361. The maximum Gasteiger partial charge on any atom is 0.468 e. The Morgan fingerprint density at radius 2 is 1.64 bits per heavy atom. The second-order valence-electron chi connectivity index (χ2n) is 5.81. The van der Waals surface area contributed by atoms with E-state index in [2.05, 4.69) is 20.8 Å². The Morgan fingerprint density at radius 3 is 2.07 bits per heavy atom. The van der Waals surface area contributed by atoms with E-state index in [1.165, 1.54) is 0 Å². The van der Waals surface area contributed by atoms with E-state index < -0.39 is 52.0 Å². The maximum atomic E-state index is 13.6.